The highest BCUT2D eigenvalue weighted by atomic mass is 79.9. The summed E-state index contributed by atoms with van der Waals surface area (Å²) in [5.74, 6) is 0. The Bertz CT molecular complexity index is 847. The largest absolute Gasteiger partial charge is 0.387 e. The molecule has 134 valence electrons. The minimum Gasteiger partial charge on any atom is -0.387 e. The maximum atomic E-state index is 13.0. The summed E-state index contributed by atoms with van der Waals surface area (Å²) in [5, 5.41) is 10.5. The molecule has 0 aliphatic rings. The van der Waals surface area contributed by atoms with E-state index in [1.165, 1.54) is 4.31 Å². The SMILES string of the molecule is C=C(C)CN(CC(O)c1cccc(Br)c1)S(=O)(=O)c1ccc(C)cc1. The van der Waals surface area contributed by atoms with Crippen LogP contribution in [0.1, 0.15) is 24.2 Å². The lowest BCUT2D eigenvalue weighted by atomic mass is 10.1. The normalized spacial score (nSPS) is 13.0. The fraction of sp³-hybridized carbons (Fsp3) is 0.263. The van der Waals surface area contributed by atoms with Crippen molar-refractivity contribution >= 4 is 26.0 Å². The van der Waals surface area contributed by atoms with Crippen LogP contribution in [0.3, 0.4) is 0 Å². The third-order valence-corrected chi connectivity index (χ3v) is 6.03. The molecular formula is C19H22BrNO3S. The van der Waals surface area contributed by atoms with Gasteiger partial charge in [-0.05, 0) is 43.7 Å². The molecular weight excluding hydrogens is 402 g/mol. The molecule has 0 radical (unpaired) electrons. The van der Waals surface area contributed by atoms with Gasteiger partial charge in [0.2, 0.25) is 10.0 Å². The predicted octanol–water partition coefficient (Wildman–Crippen LogP) is 4.06. The van der Waals surface area contributed by atoms with Crippen LogP contribution in [0.2, 0.25) is 0 Å². The minimum atomic E-state index is -3.73. The summed E-state index contributed by atoms with van der Waals surface area (Å²) in [6.45, 7) is 7.60. The number of aliphatic hydroxyl groups is 1. The average Bonchev–Trinajstić information content (AvgIpc) is 2.54. The molecule has 0 saturated carbocycles. The van der Waals surface area contributed by atoms with Crippen molar-refractivity contribution in [2.24, 2.45) is 0 Å². The quantitative estimate of drug-likeness (QED) is 0.683. The first kappa shape index (κ1) is 19.8. The number of aryl methyl sites for hydroxylation is 1. The van der Waals surface area contributed by atoms with Gasteiger partial charge >= 0.3 is 0 Å². The van der Waals surface area contributed by atoms with Crippen molar-refractivity contribution < 1.29 is 13.5 Å². The zero-order chi connectivity index (χ0) is 18.6. The van der Waals surface area contributed by atoms with E-state index in [4.69, 9.17) is 0 Å². The minimum absolute atomic E-state index is 0.0421. The molecule has 0 bridgehead atoms. The summed E-state index contributed by atoms with van der Waals surface area (Å²) in [5.41, 5.74) is 2.34. The van der Waals surface area contributed by atoms with E-state index in [2.05, 4.69) is 22.5 Å². The standard InChI is InChI=1S/C19H22BrNO3S/c1-14(2)12-21(13-19(22)16-5-4-6-17(20)11-16)25(23,24)18-9-7-15(3)8-10-18/h4-11,19,22H,1,12-13H2,2-3H3. The summed E-state index contributed by atoms with van der Waals surface area (Å²) in [6, 6.07) is 13.9. The summed E-state index contributed by atoms with van der Waals surface area (Å²) < 4.78 is 28.1. The van der Waals surface area contributed by atoms with E-state index >= 15 is 0 Å². The molecule has 25 heavy (non-hydrogen) atoms. The first-order valence-corrected chi connectivity index (χ1v) is 10.1. The monoisotopic (exact) mass is 423 g/mol. The lowest BCUT2D eigenvalue weighted by molar-refractivity contribution is 0.150. The van der Waals surface area contributed by atoms with Gasteiger partial charge in [-0.1, -0.05) is 57.9 Å². The van der Waals surface area contributed by atoms with Crippen LogP contribution in [0.4, 0.5) is 0 Å². The molecule has 1 atom stereocenters. The van der Waals surface area contributed by atoms with Gasteiger partial charge in [-0.15, -0.1) is 0 Å². The van der Waals surface area contributed by atoms with Crippen LogP contribution >= 0.6 is 15.9 Å². The van der Waals surface area contributed by atoms with Crippen LogP contribution in [0.15, 0.2) is 70.1 Å². The third kappa shape index (κ3) is 5.25. The maximum Gasteiger partial charge on any atom is 0.243 e. The van der Waals surface area contributed by atoms with Gasteiger partial charge in [-0.25, -0.2) is 8.42 Å². The zero-order valence-electron chi connectivity index (χ0n) is 14.3. The predicted molar refractivity (Wildman–Crippen MR) is 104 cm³/mol. The van der Waals surface area contributed by atoms with E-state index in [0.29, 0.717) is 11.1 Å². The lowest BCUT2D eigenvalue weighted by Crippen LogP contribution is -2.36. The fourth-order valence-corrected chi connectivity index (χ4v) is 4.34. The lowest BCUT2D eigenvalue weighted by Gasteiger charge is -2.25. The van der Waals surface area contributed by atoms with Gasteiger partial charge in [0, 0.05) is 17.6 Å². The highest BCUT2D eigenvalue weighted by Crippen LogP contribution is 2.23. The van der Waals surface area contributed by atoms with Crippen molar-refractivity contribution in [1.82, 2.24) is 4.31 Å². The Morgan fingerprint density at radius 1 is 1.24 bits per heavy atom. The molecule has 0 saturated heterocycles. The summed E-state index contributed by atoms with van der Waals surface area (Å²) in [6.07, 6.45) is -0.933. The van der Waals surface area contributed by atoms with Crippen LogP contribution in [-0.4, -0.2) is 30.9 Å². The molecule has 4 nitrogen and oxygen atoms in total. The van der Waals surface area contributed by atoms with Crippen molar-refractivity contribution in [3.8, 4) is 0 Å². The van der Waals surface area contributed by atoms with E-state index in [-0.39, 0.29) is 18.0 Å². The van der Waals surface area contributed by atoms with E-state index in [1.807, 2.05) is 13.0 Å². The van der Waals surface area contributed by atoms with Gasteiger partial charge in [0.15, 0.2) is 0 Å². The van der Waals surface area contributed by atoms with Crippen molar-refractivity contribution in [2.75, 3.05) is 13.1 Å². The van der Waals surface area contributed by atoms with Gasteiger partial charge in [-0.3, -0.25) is 0 Å². The molecule has 2 rings (SSSR count). The summed E-state index contributed by atoms with van der Waals surface area (Å²) in [7, 11) is -3.73. The first-order valence-electron chi connectivity index (χ1n) is 7.85. The number of nitrogens with zero attached hydrogens (tertiary/aromatic N) is 1. The molecule has 0 amide bonds. The second kappa shape index (κ2) is 8.27. The Kier molecular flexibility index (Phi) is 6.57. The van der Waals surface area contributed by atoms with Gasteiger partial charge in [-0.2, -0.15) is 4.31 Å². The van der Waals surface area contributed by atoms with Gasteiger partial charge in [0.1, 0.15) is 0 Å². The van der Waals surface area contributed by atoms with Crippen LogP contribution in [-0.2, 0) is 10.0 Å². The van der Waals surface area contributed by atoms with Gasteiger partial charge in [0.05, 0.1) is 11.0 Å². The Morgan fingerprint density at radius 3 is 2.44 bits per heavy atom. The van der Waals surface area contributed by atoms with Crippen molar-refractivity contribution in [3.63, 3.8) is 0 Å². The van der Waals surface area contributed by atoms with Crippen molar-refractivity contribution in [3.05, 3.63) is 76.3 Å². The van der Waals surface area contributed by atoms with Gasteiger partial charge < -0.3 is 5.11 Å². The number of benzene rings is 2. The van der Waals surface area contributed by atoms with Crippen molar-refractivity contribution in [1.29, 1.82) is 0 Å². The molecule has 0 aromatic heterocycles. The van der Waals surface area contributed by atoms with Crippen LogP contribution < -0.4 is 0 Å². The molecule has 0 fully saturated rings. The first-order chi connectivity index (χ1) is 11.7. The molecule has 0 aliphatic carbocycles. The molecule has 2 aromatic rings. The maximum absolute atomic E-state index is 13.0. The van der Waals surface area contributed by atoms with E-state index < -0.39 is 16.1 Å². The second-order valence-electron chi connectivity index (χ2n) is 6.14. The number of halogens is 1. The summed E-state index contributed by atoms with van der Waals surface area (Å²) >= 11 is 3.36. The zero-order valence-corrected chi connectivity index (χ0v) is 16.7. The van der Waals surface area contributed by atoms with Crippen LogP contribution in [0.5, 0.6) is 0 Å². The third-order valence-electron chi connectivity index (χ3n) is 3.72. The number of hydrogen-bond acceptors (Lipinski definition) is 3. The second-order valence-corrected chi connectivity index (χ2v) is 8.99. The molecule has 0 aliphatic heterocycles. The molecule has 1 unspecified atom stereocenters. The Morgan fingerprint density at radius 2 is 1.88 bits per heavy atom. The number of aliphatic hydroxyl groups excluding tert-OH is 1. The Labute approximate surface area is 158 Å². The topological polar surface area (TPSA) is 57.6 Å². The molecule has 6 heteroatoms. The fourth-order valence-electron chi connectivity index (χ4n) is 2.42. The average molecular weight is 424 g/mol. The van der Waals surface area contributed by atoms with Crippen LogP contribution in [0.25, 0.3) is 0 Å². The van der Waals surface area contributed by atoms with E-state index in [9.17, 15) is 13.5 Å². The summed E-state index contributed by atoms with van der Waals surface area (Å²) in [4.78, 5) is 0.209. The van der Waals surface area contributed by atoms with Crippen LogP contribution in [0, 0.1) is 6.92 Å². The van der Waals surface area contributed by atoms with Gasteiger partial charge in [0.25, 0.3) is 0 Å². The van der Waals surface area contributed by atoms with Crippen molar-refractivity contribution in [2.45, 2.75) is 24.8 Å². The number of hydrogen-bond donors (Lipinski definition) is 1. The number of rotatable bonds is 7. The van der Waals surface area contributed by atoms with E-state index in [0.717, 1.165) is 10.0 Å². The highest BCUT2D eigenvalue weighted by molar-refractivity contribution is 9.10. The molecule has 2 aromatic carbocycles. The Hall–Kier alpha value is -1.47. The molecule has 0 heterocycles. The Balaban J connectivity index is 2.32. The molecule has 0 spiro atoms. The van der Waals surface area contributed by atoms with E-state index in [1.54, 1.807) is 49.4 Å². The number of sulfonamides is 1. The molecule has 1 N–H and O–H groups in total. The smallest absolute Gasteiger partial charge is 0.243 e. The highest BCUT2D eigenvalue weighted by Gasteiger charge is 2.27.